The summed E-state index contributed by atoms with van der Waals surface area (Å²) in [5, 5.41) is 13.2. The monoisotopic (exact) mass is 311 g/mol. The van der Waals surface area contributed by atoms with Crippen LogP contribution in [0.25, 0.3) is 11.3 Å². The molecule has 0 bridgehead atoms. The fourth-order valence-electron chi connectivity index (χ4n) is 2.37. The highest BCUT2D eigenvalue weighted by Gasteiger charge is 2.08. The first kappa shape index (κ1) is 15.5. The molecule has 3 aromatic rings. The van der Waals surface area contributed by atoms with Gasteiger partial charge in [0.2, 0.25) is 0 Å². The van der Waals surface area contributed by atoms with Crippen LogP contribution in [0.15, 0.2) is 71.1 Å². The van der Waals surface area contributed by atoms with Crippen LogP contribution < -0.4 is 5.32 Å². The largest absolute Gasteiger partial charge is 0.460 e. The molecule has 0 spiro atoms. The van der Waals surface area contributed by atoms with Crippen molar-refractivity contribution in [2.45, 2.75) is 12.6 Å². The first-order valence-electron chi connectivity index (χ1n) is 7.51. The maximum atomic E-state index is 12.9. The van der Waals surface area contributed by atoms with Gasteiger partial charge in [-0.2, -0.15) is 0 Å². The van der Waals surface area contributed by atoms with E-state index < -0.39 is 6.10 Å². The summed E-state index contributed by atoms with van der Waals surface area (Å²) in [6, 6.07) is 19.4. The van der Waals surface area contributed by atoms with Crippen LogP contribution in [0.5, 0.6) is 0 Å². The molecule has 0 aliphatic heterocycles. The lowest BCUT2D eigenvalue weighted by Gasteiger charge is -2.11. The highest BCUT2D eigenvalue weighted by molar-refractivity contribution is 5.57. The van der Waals surface area contributed by atoms with E-state index in [1.807, 2.05) is 42.5 Å². The quantitative estimate of drug-likeness (QED) is 0.725. The lowest BCUT2D eigenvalue weighted by atomic mass is 10.1. The molecule has 2 aromatic carbocycles. The van der Waals surface area contributed by atoms with Crippen LogP contribution in [0.2, 0.25) is 0 Å². The Labute approximate surface area is 134 Å². The van der Waals surface area contributed by atoms with Crippen LogP contribution in [0.1, 0.15) is 17.4 Å². The number of aliphatic hydroxyl groups excluding tert-OH is 1. The second-order valence-electron chi connectivity index (χ2n) is 5.33. The molecule has 3 nitrogen and oxygen atoms in total. The van der Waals surface area contributed by atoms with Gasteiger partial charge in [-0.15, -0.1) is 0 Å². The highest BCUT2D eigenvalue weighted by Crippen LogP contribution is 2.22. The molecule has 1 heterocycles. The van der Waals surface area contributed by atoms with E-state index in [1.54, 1.807) is 12.1 Å². The highest BCUT2D eigenvalue weighted by atomic mass is 19.1. The van der Waals surface area contributed by atoms with Crippen molar-refractivity contribution in [3.8, 4) is 11.3 Å². The molecule has 23 heavy (non-hydrogen) atoms. The molecule has 0 aliphatic carbocycles. The topological polar surface area (TPSA) is 45.4 Å². The summed E-state index contributed by atoms with van der Waals surface area (Å²) in [7, 11) is 0. The number of aliphatic hydroxyl groups is 1. The molecule has 1 atom stereocenters. The van der Waals surface area contributed by atoms with E-state index >= 15 is 0 Å². The van der Waals surface area contributed by atoms with Crippen molar-refractivity contribution in [2.24, 2.45) is 0 Å². The number of hydrogen-bond donors (Lipinski definition) is 2. The van der Waals surface area contributed by atoms with E-state index in [0.717, 1.165) is 16.9 Å². The Hall–Kier alpha value is -2.43. The number of rotatable bonds is 6. The van der Waals surface area contributed by atoms with E-state index in [9.17, 15) is 9.50 Å². The molecule has 0 amide bonds. The Balaban J connectivity index is 1.54. The smallest absolute Gasteiger partial charge is 0.134 e. The second kappa shape index (κ2) is 7.22. The molecule has 2 N–H and O–H groups in total. The first-order chi connectivity index (χ1) is 11.2. The molecular formula is C19H18FNO2. The zero-order chi connectivity index (χ0) is 16.1. The normalized spacial score (nSPS) is 12.3. The van der Waals surface area contributed by atoms with Crippen molar-refractivity contribution in [1.82, 2.24) is 5.32 Å². The van der Waals surface area contributed by atoms with E-state index in [2.05, 4.69) is 5.32 Å². The zero-order valence-corrected chi connectivity index (χ0v) is 12.6. The van der Waals surface area contributed by atoms with Gasteiger partial charge in [-0.3, -0.25) is 0 Å². The Kier molecular flexibility index (Phi) is 4.86. The van der Waals surface area contributed by atoms with Gasteiger partial charge in [-0.25, -0.2) is 4.39 Å². The van der Waals surface area contributed by atoms with Crippen molar-refractivity contribution >= 4 is 0 Å². The number of halogens is 1. The van der Waals surface area contributed by atoms with E-state index in [0.29, 0.717) is 18.8 Å². The van der Waals surface area contributed by atoms with Gasteiger partial charge in [-0.05, 0) is 42.0 Å². The minimum absolute atomic E-state index is 0.267. The maximum Gasteiger partial charge on any atom is 0.134 e. The van der Waals surface area contributed by atoms with Crippen molar-refractivity contribution in [1.29, 1.82) is 0 Å². The molecule has 0 radical (unpaired) electrons. The molecule has 0 saturated heterocycles. The predicted octanol–water partition coefficient (Wildman–Crippen LogP) is 3.91. The summed E-state index contributed by atoms with van der Waals surface area (Å²) in [5.74, 6) is 1.20. The second-order valence-corrected chi connectivity index (χ2v) is 5.33. The van der Waals surface area contributed by atoms with E-state index in [4.69, 9.17) is 4.42 Å². The number of furan rings is 1. The van der Waals surface area contributed by atoms with Gasteiger partial charge >= 0.3 is 0 Å². The van der Waals surface area contributed by atoms with Gasteiger partial charge in [0, 0.05) is 12.1 Å². The minimum Gasteiger partial charge on any atom is -0.460 e. The van der Waals surface area contributed by atoms with E-state index in [1.165, 1.54) is 12.1 Å². The summed E-state index contributed by atoms with van der Waals surface area (Å²) in [5.41, 5.74) is 1.72. The Morgan fingerprint density at radius 2 is 1.70 bits per heavy atom. The van der Waals surface area contributed by atoms with Crippen LogP contribution in [-0.4, -0.2) is 11.7 Å². The summed E-state index contributed by atoms with van der Waals surface area (Å²) in [6.45, 7) is 0.960. The Morgan fingerprint density at radius 3 is 2.43 bits per heavy atom. The summed E-state index contributed by atoms with van der Waals surface area (Å²) in [6.07, 6.45) is -0.553. The number of hydrogen-bond acceptors (Lipinski definition) is 3. The average molecular weight is 311 g/mol. The van der Waals surface area contributed by atoms with Gasteiger partial charge in [0.05, 0.1) is 12.6 Å². The molecule has 3 rings (SSSR count). The maximum absolute atomic E-state index is 12.9. The van der Waals surface area contributed by atoms with Crippen LogP contribution in [0, 0.1) is 5.82 Å². The molecule has 0 aliphatic rings. The predicted molar refractivity (Wildman–Crippen MR) is 87.2 cm³/mol. The van der Waals surface area contributed by atoms with Crippen molar-refractivity contribution in [2.75, 3.05) is 6.54 Å². The standard InChI is InChI=1S/C19H18FNO2/c20-16-8-6-15(7-9-16)19-11-10-17(23-19)12-21-13-18(22)14-4-2-1-3-5-14/h1-11,18,21-22H,12-13H2/t18-/m1/s1. The van der Waals surface area contributed by atoms with Gasteiger partial charge < -0.3 is 14.8 Å². The van der Waals surface area contributed by atoms with Gasteiger partial charge in [0.15, 0.2) is 0 Å². The van der Waals surface area contributed by atoms with Crippen LogP contribution >= 0.6 is 0 Å². The van der Waals surface area contributed by atoms with Crippen LogP contribution in [0.4, 0.5) is 4.39 Å². The molecule has 1 aromatic heterocycles. The molecule has 118 valence electrons. The molecule has 0 saturated carbocycles. The Morgan fingerprint density at radius 1 is 0.957 bits per heavy atom. The summed E-state index contributed by atoms with van der Waals surface area (Å²) >= 11 is 0. The minimum atomic E-state index is -0.553. The average Bonchev–Trinajstić information content (AvgIpc) is 3.05. The third-order valence-corrected chi connectivity index (χ3v) is 3.61. The zero-order valence-electron chi connectivity index (χ0n) is 12.6. The van der Waals surface area contributed by atoms with E-state index in [-0.39, 0.29) is 5.82 Å². The van der Waals surface area contributed by atoms with Gasteiger partial charge in [0.1, 0.15) is 17.3 Å². The van der Waals surface area contributed by atoms with Crippen LogP contribution in [-0.2, 0) is 6.54 Å². The molecule has 4 heteroatoms. The third-order valence-electron chi connectivity index (χ3n) is 3.61. The fraction of sp³-hybridized carbons (Fsp3) is 0.158. The SMILES string of the molecule is O[C@H](CNCc1ccc(-c2ccc(F)cc2)o1)c1ccccc1. The van der Waals surface area contributed by atoms with Crippen molar-refractivity contribution in [3.05, 3.63) is 83.9 Å². The molecule has 0 unspecified atom stereocenters. The first-order valence-corrected chi connectivity index (χ1v) is 7.51. The lowest BCUT2D eigenvalue weighted by Crippen LogP contribution is -2.20. The summed E-state index contributed by atoms with van der Waals surface area (Å²) < 4.78 is 18.7. The summed E-state index contributed by atoms with van der Waals surface area (Å²) in [4.78, 5) is 0. The van der Waals surface area contributed by atoms with Gasteiger partial charge in [0.25, 0.3) is 0 Å². The number of benzene rings is 2. The Bertz CT molecular complexity index is 738. The van der Waals surface area contributed by atoms with Crippen molar-refractivity contribution in [3.63, 3.8) is 0 Å². The van der Waals surface area contributed by atoms with Gasteiger partial charge in [-0.1, -0.05) is 30.3 Å². The number of nitrogens with one attached hydrogen (secondary N) is 1. The third kappa shape index (κ3) is 4.06. The van der Waals surface area contributed by atoms with Crippen LogP contribution in [0.3, 0.4) is 0 Å². The molecule has 0 fully saturated rings. The molecular weight excluding hydrogens is 293 g/mol. The lowest BCUT2D eigenvalue weighted by molar-refractivity contribution is 0.173. The van der Waals surface area contributed by atoms with Crippen molar-refractivity contribution < 1.29 is 13.9 Å². The fourth-order valence-corrected chi connectivity index (χ4v) is 2.37.